The minimum Gasteiger partial charge on any atom is -0.398 e. The fraction of sp³-hybridized carbons (Fsp3) is 0.462. The van der Waals surface area contributed by atoms with Crippen LogP contribution in [-0.4, -0.2) is 25.2 Å². The fourth-order valence-corrected chi connectivity index (χ4v) is 1.41. The number of halogens is 3. The van der Waals surface area contributed by atoms with Crippen LogP contribution < -0.4 is 11.1 Å². The molecular formula is C13H17F3N2O2. The minimum absolute atomic E-state index is 0.0987. The molecule has 1 aromatic rings. The highest BCUT2D eigenvalue weighted by atomic mass is 19.4. The zero-order valence-electron chi connectivity index (χ0n) is 11.5. The van der Waals surface area contributed by atoms with Crippen molar-refractivity contribution in [3.05, 3.63) is 29.3 Å². The maximum atomic E-state index is 12.7. The van der Waals surface area contributed by atoms with Crippen molar-refractivity contribution < 1.29 is 22.7 Å². The number of nitrogen functional groups attached to an aromatic ring is 1. The van der Waals surface area contributed by atoms with Crippen LogP contribution >= 0.6 is 0 Å². The summed E-state index contributed by atoms with van der Waals surface area (Å²) in [6, 6.07) is 3.06. The molecule has 0 bridgehead atoms. The number of alkyl halides is 3. The summed E-state index contributed by atoms with van der Waals surface area (Å²) in [7, 11) is 1.48. The van der Waals surface area contributed by atoms with E-state index < -0.39 is 28.9 Å². The molecule has 1 aromatic carbocycles. The van der Waals surface area contributed by atoms with Crippen LogP contribution in [0.4, 0.5) is 18.9 Å². The first-order valence-electron chi connectivity index (χ1n) is 5.87. The monoisotopic (exact) mass is 290 g/mol. The average molecular weight is 290 g/mol. The van der Waals surface area contributed by atoms with Crippen LogP contribution in [-0.2, 0) is 10.9 Å². The summed E-state index contributed by atoms with van der Waals surface area (Å²) in [6.07, 6.45) is -4.59. The van der Waals surface area contributed by atoms with E-state index in [1.54, 1.807) is 13.8 Å². The topological polar surface area (TPSA) is 64.3 Å². The van der Waals surface area contributed by atoms with Crippen molar-refractivity contribution in [1.29, 1.82) is 0 Å². The van der Waals surface area contributed by atoms with Gasteiger partial charge in [0.1, 0.15) is 0 Å². The van der Waals surface area contributed by atoms with Gasteiger partial charge >= 0.3 is 6.18 Å². The van der Waals surface area contributed by atoms with Crippen LogP contribution in [0.15, 0.2) is 18.2 Å². The molecule has 0 aliphatic rings. The van der Waals surface area contributed by atoms with Gasteiger partial charge in [0.25, 0.3) is 5.91 Å². The molecule has 0 aliphatic carbocycles. The number of anilines is 1. The maximum Gasteiger partial charge on any atom is 0.418 e. The molecule has 0 atom stereocenters. The molecule has 0 aromatic heterocycles. The van der Waals surface area contributed by atoms with Gasteiger partial charge in [-0.05, 0) is 32.0 Å². The van der Waals surface area contributed by atoms with E-state index in [4.69, 9.17) is 10.5 Å². The number of benzene rings is 1. The van der Waals surface area contributed by atoms with Crippen LogP contribution in [0.2, 0.25) is 0 Å². The smallest absolute Gasteiger partial charge is 0.398 e. The first-order valence-corrected chi connectivity index (χ1v) is 5.87. The predicted molar refractivity (Wildman–Crippen MR) is 69.3 cm³/mol. The highest BCUT2D eigenvalue weighted by Crippen LogP contribution is 2.33. The molecule has 0 saturated carbocycles. The van der Waals surface area contributed by atoms with Gasteiger partial charge in [-0.1, -0.05) is 0 Å². The third kappa shape index (κ3) is 4.12. The van der Waals surface area contributed by atoms with Gasteiger partial charge in [-0.2, -0.15) is 13.2 Å². The molecule has 0 spiro atoms. The van der Waals surface area contributed by atoms with Crippen LogP contribution in [0.3, 0.4) is 0 Å². The van der Waals surface area contributed by atoms with E-state index in [9.17, 15) is 18.0 Å². The van der Waals surface area contributed by atoms with Crippen molar-refractivity contribution in [1.82, 2.24) is 5.32 Å². The van der Waals surface area contributed by atoms with E-state index in [1.807, 2.05) is 0 Å². The Balaban J connectivity index is 2.90. The second-order valence-corrected chi connectivity index (χ2v) is 4.95. The summed E-state index contributed by atoms with van der Waals surface area (Å²) in [5.41, 5.74) is 3.14. The van der Waals surface area contributed by atoms with Crippen LogP contribution in [0.1, 0.15) is 29.8 Å². The van der Waals surface area contributed by atoms with E-state index >= 15 is 0 Å². The standard InChI is InChI=1S/C13H17F3N2O2/c1-12(2,20-3)7-18-11(19)8-4-5-10(17)9(6-8)13(14,15)16/h4-6H,7,17H2,1-3H3,(H,18,19). The number of ether oxygens (including phenoxy) is 1. The Bertz CT molecular complexity index is 499. The lowest BCUT2D eigenvalue weighted by molar-refractivity contribution is -0.136. The number of nitrogens with one attached hydrogen (secondary N) is 1. The molecule has 3 N–H and O–H groups in total. The molecule has 0 radical (unpaired) electrons. The molecule has 0 unspecified atom stereocenters. The number of rotatable bonds is 4. The lowest BCUT2D eigenvalue weighted by Crippen LogP contribution is -2.39. The fourth-order valence-electron chi connectivity index (χ4n) is 1.41. The molecule has 7 heteroatoms. The van der Waals surface area contributed by atoms with E-state index in [-0.39, 0.29) is 12.1 Å². The highest BCUT2D eigenvalue weighted by molar-refractivity contribution is 5.94. The van der Waals surface area contributed by atoms with E-state index in [0.29, 0.717) is 0 Å². The van der Waals surface area contributed by atoms with Crippen molar-refractivity contribution in [2.24, 2.45) is 0 Å². The van der Waals surface area contributed by atoms with Gasteiger partial charge in [0, 0.05) is 24.9 Å². The summed E-state index contributed by atoms with van der Waals surface area (Å²) in [4.78, 5) is 11.8. The number of methoxy groups -OCH3 is 1. The molecule has 20 heavy (non-hydrogen) atoms. The summed E-state index contributed by atoms with van der Waals surface area (Å²) >= 11 is 0. The SMILES string of the molecule is COC(C)(C)CNC(=O)c1ccc(N)c(C(F)(F)F)c1. The van der Waals surface area contributed by atoms with Gasteiger partial charge in [-0.25, -0.2) is 0 Å². The van der Waals surface area contributed by atoms with E-state index in [1.165, 1.54) is 13.2 Å². The molecular weight excluding hydrogens is 273 g/mol. The van der Waals surface area contributed by atoms with Crippen molar-refractivity contribution in [3.8, 4) is 0 Å². The summed E-state index contributed by atoms with van der Waals surface area (Å²) in [6.45, 7) is 3.67. The zero-order chi connectivity index (χ0) is 15.6. The maximum absolute atomic E-state index is 12.7. The number of hydrogen-bond donors (Lipinski definition) is 2. The summed E-state index contributed by atoms with van der Waals surface area (Å²) in [5, 5.41) is 2.52. The largest absolute Gasteiger partial charge is 0.418 e. The summed E-state index contributed by atoms with van der Waals surface area (Å²) in [5.74, 6) is -0.611. The zero-order valence-corrected chi connectivity index (χ0v) is 11.5. The average Bonchev–Trinajstić information content (AvgIpc) is 2.35. The Hall–Kier alpha value is -1.76. The lowest BCUT2D eigenvalue weighted by Gasteiger charge is -2.23. The number of hydrogen-bond acceptors (Lipinski definition) is 3. The quantitative estimate of drug-likeness (QED) is 0.837. The van der Waals surface area contributed by atoms with Gasteiger partial charge in [0.05, 0.1) is 11.2 Å². The molecule has 0 aliphatic heterocycles. The molecule has 0 saturated heterocycles. The second kappa shape index (κ2) is 5.70. The Kier molecular flexibility index (Phi) is 4.65. The Morgan fingerprint density at radius 2 is 1.95 bits per heavy atom. The van der Waals surface area contributed by atoms with E-state index in [2.05, 4.69) is 5.32 Å². The van der Waals surface area contributed by atoms with Crippen molar-refractivity contribution >= 4 is 11.6 Å². The Morgan fingerprint density at radius 1 is 1.35 bits per heavy atom. The third-order valence-electron chi connectivity index (χ3n) is 2.85. The molecule has 0 heterocycles. The van der Waals surface area contributed by atoms with Gasteiger partial charge < -0.3 is 15.8 Å². The second-order valence-electron chi connectivity index (χ2n) is 4.95. The number of carbonyl (C=O) groups excluding carboxylic acids is 1. The van der Waals surface area contributed by atoms with Crippen LogP contribution in [0, 0.1) is 0 Å². The molecule has 0 fully saturated rings. The summed E-state index contributed by atoms with van der Waals surface area (Å²) < 4.78 is 43.2. The van der Waals surface area contributed by atoms with Gasteiger partial charge in [-0.3, -0.25) is 4.79 Å². The van der Waals surface area contributed by atoms with Gasteiger partial charge in [0.2, 0.25) is 0 Å². The number of amides is 1. The Labute approximate surface area is 115 Å². The first-order chi connectivity index (χ1) is 9.07. The molecule has 112 valence electrons. The van der Waals surface area contributed by atoms with Crippen LogP contribution in [0.5, 0.6) is 0 Å². The highest BCUT2D eigenvalue weighted by Gasteiger charge is 2.33. The predicted octanol–water partition coefficient (Wildman–Crippen LogP) is 2.44. The lowest BCUT2D eigenvalue weighted by atomic mass is 10.1. The number of nitrogens with two attached hydrogens (primary N) is 1. The van der Waals surface area contributed by atoms with Gasteiger partial charge in [0.15, 0.2) is 0 Å². The first kappa shape index (κ1) is 16.3. The van der Waals surface area contributed by atoms with Crippen molar-refractivity contribution in [3.63, 3.8) is 0 Å². The van der Waals surface area contributed by atoms with Crippen LogP contribution in [0.25, 0.3) is 0 Å². The normalized spacial score (nSPS) is 12.3. The Morgan fingerprint density at radius 3 is 2.45 bits per heavy atom. The van der Waals surface area contributed by atoms with Crippen molar-refractivity contribution in [2.75, 3.05) is 19.4 Å². The third-order valence-corrected chi connectivity index (χ3v) is 2.85. The van der Waals surface area contributed by atoms with Crippen molar-refractivity contribution in [2.45, 2.75) is 25.6 Å². The van der Waals surface area contributed by atoms with E-state index in [0.717, 1.165) is 12.1 Å². The molecule has 1 amide bonds. The minimum atomic E-state index is -4.59. The number of carbonyl (C=O) groups is 1. The molecule has 4 nitrogen and oxygen atoms in total. The van der Waals surface area contributed by atoms with Gasteiger partial charge in [-0.15, -0.1) is 0 Å². The molecule has 1 rings (SSSR count).